The SMILES string of the molecule is C.CCc1c2c(nc3ccc(C)cc13)-c1cc3c(c(=O)n1C2)COC(=O)C3(CC)OC(=O)OCc1ccc(NC(=O)C(CCCCN)CC(=O)COCC(=O)CCCOCCOCCOCCOCCOCCOCCOCCOCCn2cc(CCC(=O)C3CCC(CN4C(=O)CC(C)C4=O)CC3)nn2)cc1. The number of ketones is 3. The summed E-state index contributed by atoms with van der Waals surface area (Å²) in [7, 11) is 0. The van der Waals surface area contributed by atoms with Crippen LogP contribution >= 0.6 is 0 Å². The summed E-state index contributed by atoms with van der Waals surface area (Å²) in [4.78, 5) is 124. The molecule has 0 bridgehead atoms. The van der Waals surface area contributed by atoms with Crippen molar-refractivity contribution in [2.75, 3.05) is 137 Å². The van der Waals surface area contributed by atoms with E-state index < -0.39 is 23.6 Å². The zero-order valence-corrected chi connectivity index (χ0v) is 62.4. The molecule has 0 spiro atoms. The molecule has 9 rings (SSSR count). The molecule has 3 N–H and O–H groups in total. The summed E-state index contributed by atoms with van der Waals surface area (Å²) in [6.07, 6.45) is 8.14. The van der Waals surface area contributed by atoms with E-state index in [0.717, 1.165) is 65.4 Å². The summed E-state index contributed by atoms with van der Waals surface area (Å²) in [5.74, 6) is -2.26. The largest absolute Gasteiger partial charge is 0.510 e. The highest BCUT2D eigenvalue weighted by Gasteiger charge is 2.51. The van der Waals surface area contributed by atoms with Gasteiger partial charge in [-0.1, -0.05) is 63.6 Å². The Morgan fingerprint density at radius 1 is 0.722 bits per heavy atom. The smallest absolute Gasteiger partial charge is 0.457 e. The number of carbonyl (C=O) groups is 8. The van der Waals surface area contributed by atoms with Crippen LogP contribution in [0.15, 0.2) is 59.5 Å². The van der Waals surface area contributed by atoms with Crippen molar-refractivity contribution in [2.24, 2.45) is 29.4 Å². The number of aryl methyl sites for hydroxylation is 3. The van der Waals surface area contributed by atoms with Crippen LogP contribution in [0.1, 0.15) is 151 Å². The number of nitrogens with one attached hydrogen (secondary N) is 1. The Balaban J connectivity index is 0.0000147. The minimum Gasteiger partial charge on any atom is -0.457 e. The van der Waals surface area contributed by atoms with Crippen LogP contribution in [0.25, 0.3) is 22.3 Å². The molecule has 5 aromatic rings. The number of amides is 3. The van der Waals surface area contributed by atoms with Crippen LogP contribution in [-0.4, -0.2) is 209 Å². The fourth-order valence-corrected chi connectivity index (χ4v) is 13.8. The monoisotopic (exact) mass is 1510 g/mol. The highest BCUT2D eigenvalue weighted by molar-refractivity contribution is 6.03. The van der Waals surface area contributed by atoms with Crippen molar-refractivity contribution in [3.05, 3.63) is 104 Å². The third-order valence-corrected chi connectivity index (χ3v) is 19.7. The second kappa shape index (κ2) is 44.5. The minimum atomic E-state index is -1.96. The summed E-state index contributed by atoms with van der Waals surface area (Å²) in [5, 5.41) is 12.3. The molecule has 1 saturated heterocycles. The molecule has 6 heterocycles. The van der Waals surface area contributed by atoms with Crippen LogP contribution in [-0.2, 0) is 135 Å². The highest BCUT2D eigenvalue weighted by Crippen LogP contribution is 2.43. The number of pyridine rings is 2. The van der Waals surface area contributed by atoms with Gasteiger partial charge < -0.3 is 72.5 Å². The van der Waals surface area contributed by atoms with E-state index in [2.05, 4.69) is 28.6 Å². The van der Waals surface area contributed by atoms with E-state index in [1.165, 1.54) is 4.90 Å². The van der Waals surface area contributed by atoms with Gasteiger partial charge in [0.25, 0.3) is 5.56 Å². The summed E-state index contributed by atoms with van der Waals surface area (Å²) in [6, 6.07) is 14.3. The number of benzene rings is 2. The fourth-order valence-electron chi connectivity index (χ4n) is 13.8. The fraction of sp³-hybridized carbons (Fsp3) is 0.620. The Hall–Kier alpha value is -8.10. The van der Waals surface area contributed by atoms with Gasteiger partial charge in [-0.3, -0.25) is 38.5 Å². The van der Waals surface area contributed by atoms with E-state index in [9.17, 15) is 43.2 Å². The zero-order chi connectivity index (χ0) is 75.9. The number of esters is 1. The number of ether oxygens (including phenoxy) is 12. The van der Waals surface area contributed by atoms with E-state index in [-0.39, 0.29) is 123 Å². The number of fused-ring (bicyclic) bond motifs is 5. The number of nitrogens with zero attached hydrogens (tertiary/aromatic N) is 6. The van der Waals surface area contributed by atoms with Gasteiger partial charge in [-0.15, -0.1) is 5.10 Å². The van der Waals surface area contributed by atoms with Gasteiger partial charge in [0.2, 0.25) is 23.3 Å². The summed E-state index contributed by atoms with van der Waals surface area (Å²) < 4.78 is 70.4. The molecule has 4 aliphatic rings. The number of carbonyl (C=O) groups excluding carboxylic acids is 8. The number of aromatic nitrogens is 5. The molecule has 29 nitrogen and oxygen atoms in total. The van der Waals surface area contributed by atoms with Crippen LogP contribution in [0.3, 0.4) is 0 Å². The Morgan fingerprint density at radius 2 is 1.35 bits per heavy atom. The van der Waals surface area contributed by atoms with Crippen molar-refractivity contribution >= 4 is 63.8 Å². The lowest BCUT2D eigenvalue weighted by Crippen LogP contribution is -2.47. The lowest BCUT2D eigenvalue weighted by Gasteiger charge is -2.35. The molecular formula is C79H110N8O21. The summed E-state index contributed by atoms with van der Waals surface area (Å²) >= 11 is 0. The molecule has 592 valence electrons. The number of nitrogens with two attached hydrogens (primary N) is 1. The molecule has 3 aromatic heterocycles. The van der Waals surface area contributed by atoms with Crippen LogP contribution in [0.5, 0.6) is 0 Å². The molecule has 3 amide bonds. The van der Waals surface area contributed by atoms with Crippen LogP contribution in [0.4, 0.5) is 10.5 Å². The van der Waals surface area contributed by atoms with Crippen LogP contribution in [0, 0.1) is 30.6 Å². The molecule has 2 aromatic carbocycles. The van der Waals surface area contributed by atoms with Crippen molar-refractivity contribution < 1.29 is 95.2 Å². The Labute approximate surface area is 631 Å². The molecular weight excluding hydrogens is 1400 g/mol. The molecule has 3 atom stereocenters. The van der Waals surface area contributed by atoms with Gasteiger partial charge in [-0.2, -0.15) is 0 Å². The number of likely N-dealkylation sites (tertiary alicyclic amines) is 1. The molecule has 1 aliphatic carbocycles. The van der Waals surface area contributed by atoms with Crippen LogP contribution < -0.4 is 16.6 Å². The van der Waals surface area contributed by atoms with E-state index in [1.807, 2.05) is 25.3 Å². The number of hydrogen-bond acceptors (Lipinski definition) is 25. The highest BCUT2D eigenvalue weighted by atomic mass is 16.7. The van der Waals surface area contributed by atoms with E-state index in [0.29, 0.717) is 199 Å². The third kappa shape index (κ3) is 25.0. The summed E-state index contributed by atoms with van der Waals surface area (Å²) in [6.45, 7) is 14.7. The van der Waals surface area contributed by atoms with Gasteiger partial charge in [0, 0.05) is 91.4 Å². The molecule has 108 heavy (non-hydrogen) atoms. The quantitative estimate of drug-likeness (QED) is 0.0207. The predicted molar refractivity (Wildman–Crippen MR) is 396 cm³/mol. The van der Waals surface area contributed by atoms with E-state index in [1.54, 1.807) is 53.4 Å². The first-order valence-electron chi connectivity index (χ1n) is 37.8. The first-order chi connectivity index (χ1) is 52.0. The zero-order valence-electron chi connectivity index (χ0n) is 62.4. The maximum atomic E-state index is 14.2. The maximum Gasteiger partial charge on any atom is 0.510 e. The Morgan fingerprint density at radius 3 is 1.96 bits per heavy atom. The van der Waals surface area contributed by atoms with Crippen molar-refractivity contribution in [3.8, 4) is 11.4 Å². The average Bonchev–Trinajstić information content (AvgIpc) is 1.50. The van der Waals surface area contributed by atoms with Crippen molar-refractivity contribution in [1.29, 1.82) is 0 Å². The number of rotatable bonds is 51. The van der Waals surface area contributed by atoms with Gasteiger partial charge >= 0.3 is 12.1 Å². The average molecular weight is 1510 g/mol. The molecule has 3 unspecified atom stereocenters. The lowest BCUT2D eigenvalue weighted by molar-refractivity contribution is -0.175. The second-order valence-electron chi connectivity index (χ2n) is 27.6. The van der Waals surface area contributed by atoms with Gasteiger partial charge in [-0.05, 0) is 119 Å². The normalized spacial score (nSPS) is 17.6. The van der Waals surface area contributed by atoms with Crippen LogP contribution in [0.2, 0.25) is 0 Å². The molecule has 1 saturated carbocycles. The molecule has 29 heteroatoms. The third-order valence-electron chi connectivity index (χ3n) is 19.7. The van der Waals surface area contributed by atoms with Crippen molar-refractivity contribution in [2.45, 2.75) is 163 Å². The van der Waals surface area contributed by atoms with Gasteiger partial charge in [-0.25, -0.2) is 19.3 Å². The van der Waals surface area contributed by atoms with E-state index >= 15 is 0 Å². The first kappa shape index (κ1) is 85.5. The Kier molecular flexibility index (Phi) is 35.3. The number of Topliss-reactive ketones (excluding diaryl/α,β-unsaturated/α-hetero) is 3. The first-order valence-corrected chi connectivity index (χ1v) is 37.8. The van der Waals surface area contributed by atoms with E-state index in [4.69, 9.17) is 67.6 Å². The summed E-state index contributed by atoms with van der Waals surface area (Å²) in [5.41, 5.74) is 10.7. The Bertz CT molecular complexity index is 3840. The van der Waals surface area contributed by atoms with Crippen molar-refractivity contribution in [3.63, 3.8) is 0 Å². The number of cyclic esters (lactones) is 1. The van der Waals surface area contributed by atoms with Crippen molar-refractivity contribution in [1.82, 2.24) is 29.4 Å². The standard InChI is InChI=1S/C78H106N8O21.CH4/c1-5-63-64-42-53(3)12-22-68(64)81-72-65(63)48-85-69(72)45-67-66(75(85)93)52-105-76(94)78(67,6-2)107-77(95)106-49-56-15-19-59(20-16-56)80-73(91)58(10-7-8-24-79)44-62(88)51-104-50-61(87)11-9-26-96-28-30-98-32-34-100-36-38-102-40-41-103-39-37-101-35-33-99-31-29-97-27-25-84-47-60(82-83-84)21-23-70(89)57-17-13-55(14-18-57)46-86-71(90)43-54(4)74(86)92;/h12,15-16,19-20,22,42,45,47,54-55,57-58H,5-11,13-14,17-18,21,23-41,43-44,46,48-52,79H2,1-4H3,(H,80,91);1H4. The number of unbranched alkanes of at least 4 members (excludes halogenated alkanes) is 1. The maximum absolute atomic E-state index is 14.2. The predicted octanol–water partition coefficient (Wildman–Crippen LogP) is 8.08. The second-order valence-corrected chi connectivity index (χ2v) is 27.6. The molecule has 0 radical (unpaired) electrons. The molecule has 3 aliphatic heterocycles. The van der Waals surface area contributed by atoms with Gasteiger partial charge in [0.1, 0.15) is 32.2 Å². The molecule has 2 fully saturated rings. The minimum absolute atomic E-state index is 0. The number of imide groups is 1. The number of anilines is 1. The van der Waals surface area contributed by atoms with Gasteiger partial charge in [0.15, 0.2) is 11.6 Å². The number of hydrogen-bond donors (Lipinski definition) is 2. The van der Waals surface area contributed by atoms with Gasteiger partial charge in [0.05, 0.1) is 140 Å². The lowest BCUT2D eigenvalue weighted by atomic mass is 9.79. The topological polar surface area (TPSA) is 354 Å².